The zero-order valence-electron chi connectivity index (χ0n) is 8.09. The van der Waals surface area contributed by atoms with Crippen molar-refractivity contribution < 1.29 is 14.3 Å². The largest absolute Gasteiger partial charge is 0.465 e. The zero-order chi connectivity index (χ0) is 10.6. The van der Waals surface area contributed by atoms with Crippen LogP contribution >= 0.6 is 15.9 Å². The number of hydrogen-bond donors (Lipinski definition) is 1. The van der Waals surface area contributed by atoms with Crippen molar-refractivity contribution in [2.24, 2.45) is 5.92 Å². The van der Waals surface area contributed by atoms with E-state index in [-0.39, 0.29) is 10.6 Å². The summed E-state index contributed by atoms with van der Waals surface area (Å²) in [7, 11) is 0. The minimum Gasteiger partial charge on any atom is -0.465 e. The summed E-state index contributed by atoms with van der Waals surface area (Å²) < 4.78 is 4.85. The van der Waals surface area contributed by atoms with Crippen molar-refractivity contribution in [3.05, 3.63) is 0 Å². The third kappa shape index (κ3) is 2.78. The minimum atomic E-state index is -0.602. The second-order valence-electron chi connectivity index (χ2n) is 3.17. The van der Waals surface area contributed by atoms with Crippen LogP contribution in [0.4, 0.5) is 0 Å². The number of carbonyl (C=O) groups is 2. The molecule has 1 saturated heterocycles. The fourth-order valence-electron chi connectivity index (χ4n) is 1.41. The molecular weight excluding hydrogens is 250 g/mol. The maximum absolute atomic E-state index is 11.7. The molecule has 0 aromatic heterocycles. The lowest BCUT2D eigenvalue weighted by Gasteiger charge is -2.12. The molecule has 0 saturated carbocycles. The molecule has 0 spiro atoms. The Morgan fingerprint density at radius 2 is 2.43 bits per heavy atom. The van der Waals surface area contributed by atoms with Crippen LogP contribution in [-0.2, 0) is 14.3 Å². The number of alkyl halides is 1. The van der Waals surface area contributed by atoms with E-state index < -0.39 is 11.9 Å². The van der Waals surface area contributed by atoms with Gasteiger partial charge in [-0.1, -0.05) is 15.9 Å². The second kappa shape index (κ2) is 5.46. The van der Waals surface area contributed by atoms with Crippen LogP contribution in [0.2, 0.25) is 0 Å². The fraction of sp³-hybridized carbons (Fsp3) is 0.778. The summed E-state index contributed by atoms with van der Waals surface area (Å²) in [6.45, 7) is 3.32. The summed E-state index contributed by atoms with van der Waals surface area (Å²) in [5.41, 5.74) is 0. The first-order chi connectivity index (χ1) is 6.66. The van der Waals surface area contributed by atoms with Crippen LogP contribution in [0, 0.1) is 5.92 Å². The number of ketones is 1. The van der Waals surface area contributed by atoms with E-state index in [0.29, 0.717) is 26.1 Å². The van der Waals surface area contributed by atoms with E-state index in [1.165, 1.54) is 0 Å². The standard InChI is InChI=1S/C9H14BrNO3/c1-2-14-9(13)6-3-4-11-5-7(10)8(6)12/h6-7,11H,2-5H2,1H3. The molecule has 5 heteroatoms. The van der Waals surface area contributed by atoms with E-state index in [4.69, 9.17) is 4.74 Å². The average Bonchev–Trinajstić information content (AvgIpc) is 2.31. The molecule has 2 atom stereocenters. The quantitative estimate of drug-likeness (QED) is 0.448. The third-order valence-corrected chi connectivity index (χ3v) is 2.93. The van der Waals surface area contributed by atoms with Crippen LogP contribution in [-0.4, -0.2) is 36.3 Å². The SMILES string of the molecule is CCOC(=O)C1CCNCC(Br)C1=O. The Kier molecular flexibility index (Phi) is 4.54. The van der Waals surface area contributed by atoms with Gasteiger partial charge in [0.15, 0.2) is 5.78 Å². The normalized spacial score (nSPS) is 28.3. The van der Waals surface area contributed by atoms with Crippen molar-refractivity contribution in [3.8, 4) is 0 Å². The average molecular weight is 264 g/mol. The van der Waals surface area contributed by atoms with E-state index in [1.54, 1.807) is 6.92 Å². The van der Waals surface area contributed by atoms with Gasteiger partial charge in [0.05, 0.1) is 11.4 Å². The van der Waals surface area contributed by atoms with Gasteiger partial charge in [0.1, 0.15) is 5.92 Å². The Bertz CT molecular complexity index is 232. The molecule has 1 fully saturated rings. The van der Waals surface area contributed by atoms with Gasteiger partial charge in [0.2, 0.25) is 0 Å². The highest BCUT2D eigenvalue weighted by atomic mass is 79.9. The third-order valence-electron chi connectivity index (χ3n) is 2.16. The van der Waals surface area contributed by atoms with Crippen molar-refractivity contribution in [1.82, 2.24) is 5.32 Å². The van der Waals surface area contributed by atoms with Gasteiger partial charge >= 0.3 is 5.97 Å². The summed E-state index contributed by atoms with van der Waals surface area (Å²) in [5, 5.41) is 3.08. The molecule has 0 aromatic carbocycles. The molecule has 0 bridgehead atoms. The molecule has 1 rings (SSSR count). The number of ether oxygens (including phenoxy) is 1. The Balaban J connectivity index is 2.64. The summed E-state index contributed by atoms with van der Waals surface area (Å²) in [6, 6.07) is 0. The first-order valence-corrected chi connectivity index (χ1v) is 5.63. The topological polar surface area (TPSA) is 55.4 Å². The van der Waals surface area contributed by atoms with Gasteiger partial charge in [-0.2, -0.15) is 0 Å². The molecule has 1 aliphatic heterocycles. The van der Waals surface area contributed by atoms with Crippen LogP contribution < -0.4 is 5.32 Å². The number of Topliss-reactive ketones (excluding diaryl/α,β-unsaturated/α-hetero) is 1. The van der Waals surface area contributed by atoms with Crippen LogP contribution in [0.1, 0.15) is 13.3 Å². The van der Waals surface area contributed by atoms with Gasteiger partial charge < -0.3 is 10.1 Å². The monoisotopic (exact) mass is 263 g/mol. The highest BCUT2D eigenvalue weighted by Crippen LogP contribution is 2.16. The number of halogens is 1. The summed E-state index contributed by atoms with van der Waals surface area (Å²) in [6.07, 6.45) is 0.528. The Morgan fingerprint density at radius 1 is 1.71 bits per heavy atom. The van der Waals surface area contributed by atoms with Gasteiger partial charge in [-0.05, 0) is 19.9 Å². The Hall–Kier alpha value is -0.420. The maximum atomic E-state index is 11.7. The molecule has 0 radical (unpaired) electrons. The van der Waals surface area contributed by atoms with Gasteiger partial charge in [0.25, 0.3) is 0 Å². The number of hydrogen-bond acceptors (Lipinski definition) is 4. The molecule has 0 aliphatic carbocycles. The first-order valence-electron chi connectivity index (χ1n) is 4.72. The highest BCUT2D eigenvalue weighted by molar-refractivity contribution is 9.10. The molecule has 1 heterocycles. The summed E-state index contributed by atoms with van der Waals surface area (Å²) in [5.74, 6) is -1.08. The lowest BCUT2D eigenvalue weighted by atomic mass is 9.99. The van der Waals surface area contributed by atoms with Gasteiger partial charge in [-0.15, -0.1) is 0 Å². The van der Waals surface area contributed by atoms with Crippen LogP contribution in [0.25, 0.3) is 0 Å². The Labute approximate surface area is 91.5 Å². The molecule has 2 unspecified atom stereocenters. The lowest BCUT2D eigenvalue weighted by molar-refractivity contribution is -0.151. The van der Waals surface area contributed by atoms with Crippen LogP contribution in [0.3, 0.4) is 0 Å². The number of rotatable bonds is 2. The van der Waals surface area contributed by atoms with E-state index in [0.717, 1.165) is 0 Å². The smallest absolute Gasteiger partial charge is 0.316 e. The molecule has 1 aliphatic rings. The van der Waals surface area contributed by atoms with Crippen molar-refractivity contribution in [1.29, 1.82) is 0 Å². The van der Waals surface area contributed by atoms with E-state index in [2.05, 4.69) is 21.2 Å². The molecule has 14 heavy (non-hydrogen) atoms. The van der Waals surface area contributed by atoms with Crippen molar-refractivity contribution in [3.63, 3.8) is 0 Å². The van der Waals surface area contributed by atoms with Crippen LogP contribution in [0.5, 0.6) is 0 Å². The predicted octanol–water partition coefficient (Wildman–Crippen LogP) is 0.492. The zero-order valence-corrected chi connectivity index (χ0v) is 9.67. The van der Waals surface area contributed by atoms with Crippen LogP contribution in [0.15, 0.2) is 0 Å². The number of esters is 1. The molecule has 0 aromatic rings. The Morgan fingerprint density at radius 3 is 3.07 bits per heavy atom. The number of nitrogens with one attached hydrogen (secondary N) is 1. The van der Waals surface area contributed by atoms with Crippen molar-refractivity contribution in [2.45, 2.75) is 18.2 Å². The molecule has 80 valence electrons. The predicted molar refractivity (Wildman–Crippen MR) is 55.3 cm³/mol. The fourth-order valence-corrected chi connectivity index (χ4v) is 1.96. The molecule has 0 amide bonds. The summed E-state index contributed by atoms with van der Waals surface area (Å²) >= 11 is 3.24. The maximum Gasteiger partial charge on any atom is 0.316 e. The lowest BCUT2D eigenvalue weighted by Crippen LogP contribution is -2.32. The van der Waals surface area contributed by atoms with Gasteiger partial charge in [-0.25, -0.2) is 0 Å². The molecule has 1 N–H and O–H groups in total. The minimum absolute atomic E-state index is 0.0755. The van der Waals surface area contributed by atoms with Crippen molar-refractivity contribution in [2.75, 3.05) is 19.7 Å². The number of carbonyl (C=O) groups excluding carboxylic acids is 2. The van der Waals surface area contributed by atoms with E-state index in [1.807, 2.05) is 0 Å². The van der Waals surface area contributed by atoms with Crippen molar-refractivity contribution >= 4 is 27.7 Å². The molecular formula is C9H14BrNO3. The summed E-state index contributed by atoms with van der Waals surface area (Å²) in [4.78, 5) is 22.8. The second-order valence-corrected chi connectivity index (χ2v) is 4.27. The van der Waals surface area contributed by atoms with E-state index >= 15 is 0 Å². The van der Waals surface area contributed by atoms with E-state index in [9.17, 15) is 9.59 Å². The van der Waals surface area contributed by atoms with Gasteiger partial charge in [-0.3, -0.25) is 9.59 Å². The van der Waals surface area contributed by atoms with Gasteiger partial charge in [0, 0.05) is 6.54 Å². The molecule has 4 nitrogen and oxygen atoms in total. The highest BCUT2D eigenvalue weighted by Gasteiger charge is 2.33. The first kappa shape index (κ1) is 11.7.